The second kappa shape index (κ2) is 6.26. The summed E-state index contributed by atoms with van der Waals surface area (Å²) in [5.41, 5.74) is 3.00. The quantitative estimate of drug-likeness (QED) is 0.879. The third-order valence-corrected chi connectivity index (χ3v) is 4.11. The number of piperidine rings is 1. The van der Waals surface area contributed by atoms with Crippen LogP contribution in [0.25, 0.3) is 0 Å². The molecule has 0 aliphatic carbocycles. The first-order chi connectivity index (χ1) is 8.65. The van der Waals surface area contributed by atoms with Gasteiger partial charge in [0.05, 0.1) is 17.3 Å². The van der Waals surface area contributed by atoms with E-state index in [0.29, 0.717) is 0 Å². The van der Waals surface area contributed by atoms with E-state index in [9.17, 15) is 4.79 Å². The predicted octanol–water partition coefficient (Wildman–Crippen LogP) is 1.52. The van der Waals surface area contributed by atoms with E-state index in [4.69, 9.17) is 9.84 Å². The Bertz CT molecular complexity index is 400. The molecule has 0 unspecified atom stereocenters. The molecule has 1 aliphatic heterocycles. The lowest BCUT2D eigenvalue weighted by Crippen LogP contribution is -2.37. The Morgan fingerprint density at radius 3 is 2.89 bits per heavy atom. The van der Waals surface area contributed by atoms with E-state index in [1.807, 2.05) is 12.4 Å². The fraction of sp³-hybridized carbons (Fsp3) is 0.667. The number of carbonyl (C=O) groups is 1. The molecule has 1 aliphatic rings. The standard InChI is InChI=1S/C12H18N2O3S/c1-9-11(18-8-13-9)6-14-4-2-10(3-5-14)17-7-12(15)16/h8,10H,2-7H2,1H3,(H,15,16). The van der Waals surface area contributed by atoms with Gasteiger partial charge in [-0.05, 0) is 19.8 Å². The third-order valence-electron chi connectivity index (χ3n) is 3.19. The van der Waals surface area contributed by atoms with Crippen LogP contribution >= 0.6 is 11.3 Å². The highest BCUT2D eigenvalue weighted by Crippen LogP contribution is 2.19. The van der Waals surface area contributed by atoms with Gasteiger partial charge in [-0.1, -0.05) is 0 Å². The van der Waals surface area contributed by atoms with Gasteiger partial charge in [0.2, 0.25) is 0 Å². The third kappa shape index (κ3) is 3.76. The maximum Gasteiger partial charge on any atom is 0.329 e. The lowest BCUT2D eigenvalue weighted by molar-refractivity contribution is -0.145. The number of carboxylic acid groups (broad SMARTS) is 1. The number of ether oxygens (including phenoxy) is 1. The van der Waals surface area contributed by atoms with E-state index in [2.05, 4.69) is 9.88 Å². The molecule has 0 amide bonds. The number of aryl methyl sites for hydroxylation is 1. The summed E-state index contributed by atoms with van der Waals surface area (Å²) in [6, 6.07) is 0. The number of aromatic nitrogens is 1. The summed E-state index contributed by atoms with van der Waals surface area (Å²) in [6.07, 6.45) is 1.91. The van der Waals surface area contributed by atoms with Crippen LogP contribution in [0, 0.1) is 6.92 Å². The van der Waals surface area contributed by atoms with Crippen molar-refractivity contribution >= 4 is 17.3 Å². The lowest BCUT2D eigenvalue weighted by atomic mass is 10.1. The second-order valence-corrected chi connectivity index (χ2v) is 5.48. The molecule has 0 spiro atoms. The minimum Gasteiger partial charge on any atom is -0.480 e. The highest BCUT2D eigenvalue weighted by molar-refractivity contribution is 7.09. The van der Waals surface area contributed by atoms with E-state index in [1.165, 1.54) is 4.88 Å². The molecule has 0 aromatic carbocycles. The fourth-order valence-corrected chi connectivity index (χ4v) is 2.92. The average Bonchev–Trinajstić information content (AvgIpc) is 2.74. The molecule has 2 rings (SSSR count). The van der Waals surface area contributed by atoms with Crippen LogP contribution in [0.1, 0.15) is 23.4 Å². The van der Waals surface area contributed by atoms with Crippen LogP contribution < -0.4 is 0 Å². The Labute approximate surface area is 110 Å². The number of hydrogen-bond donors (Lipinski definition) is 1. The van der Waals surface area contributed by atoms with Gasteiger partial charge in [-0.2, -0.15) is 0 Å². The highest BCUT2D eigenvalue weighted by atomic mass is 32.1. The molecule has 18 heavy (non-hydrogen) atoms. The van der Waals surface area contributed by atoms with Crippen molar-refractivity contribution in [2.75, 3.05) is 19.7 Å². The molecule has 100 valence electrons. The lowest BCUT2D eigenvalue weighted by Gasteiger charge is -2.31. The number of hydrogen-bond acceptors (Lipinski definition) is 5. The van der Waals surface area contributed by atoms with Crippen molar-refractivity contribution in [1.82, 2.24) is 9.88 Å². The first-order valence-corrected chi connectivity index (χ1v) is 6.98. The van der Waals surface area contributed by atoms with Gasteiger partial charge in [0.25, 0.3) is 0 Å². The summed E-state index contributed by atoms with van der Waals surface area (Å²) in [7, 11) is 0. The maximum atomic E-state index is 10.4. The van der Waals surface area contributed by atoms with Crippen molar-refractivity contribution in [3.05, 3.63) is 16.1 Å². The van der Waals surface area contributed by atoms with E-state index in [0.717, 1.165) is 38.2 Å². The summed E-state index contributed by atoms with van der Waals surface area (Å²) in [5, 5.41) is 8.56. The van der Waals surface area contributed by atoms with Crippen molar-refractivity contribution in [3.8, 4) is 0 Å². The van der Waals surface area contributed by atoms with Crippen molar-refractivity contribution in [3.63, 3.8) is 0 Å². The van der Waals surface area contributed by atoms with Gasteiger partial charge in [-0.25, -0.2) is 9.78 Å². The molecule has 2 heterocycles. The monoisotopic (exact) mass is 270 g/mol. The molecule has 5 nitrogen and oxygen atoms in total. The number of likely N-dealkylation sites (tertiary alicyclic amines) is 1. The van der Waals surface area contributed by atoms with Crippen LogP contribution in [-0.4, -0.2) is 46.8 Å². The topological polar surface area (TPSA) is 62.7 Å². The summed E-state index contributed by atoms with van der Waals surface area (Å²) in [5.74, 6) is -0.891. The van der Waals surface area contributed by atoms with Crippen LogP contribution in [0.4, 0.5) is 0 Å². The second-order valence-electron chi connectivity index (χ2n) is 4.54. The van der Waals surface area contributed by atoms with Crippen LogP contribution in [0.15, 0.2) is 5.51 Å². The van der Waals surface area contributed by atoms with E-state index >= 15 is 0 Å². The molecule has 6 heteroatoms. The minimum atomic E-state index is -0.891. The van der Waals surface area contributed by atoms with Gasteiger partial charge >= 0.3 is 5.97 Å². The van der Waals surface area contributed by atoms with E-state index < -0.39 is 5.97 Å². The minimum absolute atomic E-state index is 0.0971. The van der Waals surface area contributed by atoms with Crippen molar-refractivity contribution < 1.29 is 14.6 Å². The molecule has 0 saturated carbocycles. The van der Waals surface area contributed by atoms with Gasteiger partial charge in [0.1, 0.15) is 6.61 Å². The van der Waals surface area contributed by atoms with E-state index in [-0.39, 0.29) is 12.7 Å². The van der Waals surface area contributed by atoms with E-state index in [1.54, 1.807) is 11.3 Å². The zero-order chi connectivity index (χ0) is 13.0. The Hall–Kier alpha value is -0.980. The van der Waals surface area contributed by atoms with Crippen LogP contribution in [0.2, 0.25) is 0 Å². The first-order valence-electron chi connectivity index (χ1n) is 6.10. The summed E-state index contributed by atoms with van der Waals surface area (Å²) >= 11 is 1.70. The zero-order valence-corrected chi connectivity index (χ0v) is 11.3. The zero-order valence-electron chi connectivity index (χ0n) is 10.5. The number of rotatable bonds is 5. The van der Waals surface area contributed by atoms with Gasteiger partial charge in [-0.3, -0.25) is 4.90 Å². The Morgan fingerprint density at radius 1 is 1.61 bits per heavy atom. The van der Waals surface area contributed by atoms with Gasteiger partial charge in [0, 0.05) is 24.5 Å². The molecule has 1 aromatic rings. The maximum absolute atomic E-state index is 10.4. The number of thiazole rings is 1. The smallest absolute Gasteiger partial charge is 0.329 e. The first kappa shape index (κ1) is 13.5. The summed E-state index contributed by atoms with van der Waals surface area (Å²) in [4.78, 5) is 18.4. The molecule has 1 aromatic heterocycles. The molecule has 0 bridgehead atoms. The normalized spacial score (nSPS) is 18.1. The van der Waals surface area contributed by atoms with Gasteiger partial charge < -0.3 is 9.84 Å². The fourth-order valence-electron chi connectivity index (χ4n) is 2.10. The SMILES string of the molecule is Cc1ncsc1CN1CCC(OCC(=O)O)CC1. The molecular weight excluding hydrogens is 252 g/mol. The van der Waals surface area contributed by atoms with Crippen LogP contribution in [0.3, 0.4) is 0 Å². The Morgan fingerprint density at radius 2 is 2.33 bits per heavy atom. The summed E-state index contributed by atoms with van der Waals surface area (Å²) < 4.78 is 5.32. The molecule has 1 saturated heterocycles. The summed E-state index contributed by atoms with van der Waals surface area (Å²) in [6.45, 7) is 4.72. The van der Waals surface area contributed by atoms with Crippen molar-refractivity contribution in [1.29, 1.82) is 0 Å². The van der Waals surface area contributed by atoms with Crippen molar-refractivity contribution in [2.45, 2.75) is 32.4 Å². The highest BCUT2D eigenvalue weighted by Gasteiger charge is 2.21. The Kier molecular flexibility index (Phi) is 4.68. The van der Waals surface area contributed by atoms with Crippen LogP contribution in [0.5, 0.6) is 0 Å². The largest absolute Gasteiger partial charge is 0.480 e. The molecular formula is C12H18N2O3S. The number of nitrogens with zero attached hydrogens (tertiary/aromatic N) is 2. The average molecular weight is 270 g/mol. The molecule has 0 radical (unpaired) electrons. The Balaban J connectivity index is 1.73. The van der Waals surface area contributed by atoms with Gasteiger partial charge in [-0.15, -0.1) is 11.3 Å². The van der Waals surface area contributed by atoms with Gasteiger partial charge in [0.15, 0.2) is 0 Å². The van der Waals surface area contributed by atoms with Crippen LogP contribution in [-0.2, 0) is 16.1 Å². The number of aliphatic carboxylic acids is 1. The predicted molar refractivity (Wildman–Crippen MR) is 68.7 cm³/mol. The van der Waals surface area contributed by atoms with Crippen molar-refractivity contribution in [2.24, 2.45) is 0 Å². The molecule has 0 atom stereocenters. The number of carboxylic acids is 1. The molecule has 1 N–H and O–H groups in total. The molecule has 1 fully saturated rings.